The molecule has 0 spiro atoms. The lowest BCUT2D eigenvalue weighted by Crippen LogP contribution is -2.60. The van der Waals surface area contributed by atoms with Gasteiger partial charge in [-0.25, -0.2) is 4.79 Å². The van der Waals surface area contributed by atoms with Gasteiger partial charge in [-0.3, -0.25) is 19.6 Å². The number of hydrogen-bond acceptors (Lipinski definition) is 5. The van der Waals surface area contributed by atoms with Crippen molar-refractivity contribution in [2.75, 3.05) is 45.8 Å². The number of piperidine rings is 2. The highest BCUT2D eigenvalue weighted by Gasteiger charge is 2.39. The van der Waals surface area contributed by atoms with Gasteiger partial charge in [-0.05, 0) is 102 Å². The summed E-state index contributed by atoms with van der Waals surface area (Å²) < 4.78 is 0.770. The van der Waals surface area contributed by atoms with Gasteiger partial charge in [0.15, 0.2) is 0 Å². The SMILES string of the molecule is C=C(Br)C=NC1=C(C)CCc2cc(Cl)ccc2C1N1CCC(N2CCN(C(=O)CC3CCN(C(N)=O)CC3)C(C(C)C)C2)CC1. The molecule has 10 heteroatoms. The summed E-state index contributed by atoms with van der Waals surface area (Å²) in [6, 6.07) is 6.82. The van der Waals surface area contributed by atoms with Crippen LogP contribution in [-0.2, 0) is 11.2 Å². The van der Waals surface area contributed by atoms with Crippen molar-refractivity contribution in [3.05, 3.63) is 56.7 Å². The second kappa shape index (κ2) is 15.1. The van der Waals surface area contributed by atoms with Gasteiger partial charge in [0.1, 0.15) is 0 Å². The zero-order valence-corrected chi connectivity index (χ0v) is 29.5. The monoisotopic (exact) mass is 700 g/mol. The van der Waals surface area contributed by atoms with Crippen molar-refractivity contribution >= 4 is 45.7 Å². The van der Waals surface area contributed by atoms with Crippen molar-refractivity contribution in [3.8, 4) is 0 Å². The second-order valence-electron chi connectivity index (χ2n) is 13.7. The van der Waals surface area contributed by atoms with Crippen LogP contribution in [0.2, 0.25) is 5.02 Å². The van der Waals surface area contributed by atoms with Crippen molar-refractivity contribution in [2.45, 2.75) is 83.8 Å². The van der Waals surface area contributed by atoms with Crippen LogP contribution in [0.25, 0.3) is 0 Å². The Labute approximate surface area is 282 Å². The van der Waals surface area contributed by atoms with Gasteiger partial charge in [0.05, 0.1) is 11.7 Å². The van der Waals surface area contributed by atoms with Crippen molar-refractivity contribution in [1.29, 1.82) is 0 Å². The number of allylic oxidation sites excluding steroid dienone is 2. The van der Waals surface area contributed by atoms with Gasteiger partial charge in [-0.1, -0.05) is 38.1 Å². The van der Waals surface area contributed by atoms with Gasteiger partial charge in [0.25, 0.3) is 0 Å². The number of likely N-dealkylation sites (tertiary alicyclic amines) is 2. The molecule has 3 saturated heterocycles. The number of nitrogens with zero attached hydrogens (tertiary/aromatic N) is 5. The minimum atomic E-state index is -0.355. The molecule has 0 radical (unpaired) electrons. The number of halogens is 2. The third-order valence-corrected chi connectivity index (χ3v) is 11.0. The molecule has 2 unspecified atom stereocenters. The summed E-state index contributed by atoms with van der Waals surface area (Å²) in [5.41, 5.74) is 10.5. The number of piperazine rings is 1. The number of urea groups is 1. The van der Waals surface area contributed by atoms with Crippen molar-refractivity contribution in [2.24, 2.45) is 22.6 Å². The summed E-state index contributed by atoms with van der Waals surface area (Å²) in [6.45, 7) is 16.6. The number of nitrogens with two attached hydrogens (primary N) is 1. The van der Waals surface area contributed by atoms with Crippen LogP contribution in [0, 0.1) is 11.8 Å². The van der Waals surface area contributed by atoms with E-state index in [1.54, 1.807) is 4.90 Å². The largest absolute Gasteiger partial charge is 0.351 e. The van der Waals surface area contributed by atoms with Crippen LogP contribution in [0.15, 0.2) is 45.5 Å². The fourth-order valence-corrected chi connectivity index (χ4v) is 8.15. The van der Waals surface area contributed by atoms with E-state index in [1.165, 1.54) is 16.7 Å². The van der Waals surface area contributed by atoms with Crippen LogP contribution >= 0.6 is 27.5 Å². The van der Waals surface area contributed by atoms with E-state index < -0.39 is 0 Å². The summed E-state index contributed by atoms with van der Waals surface area (Å²) in [5.74, 6) is 0.989. The van der Waals surface area contributed by atoms with E-state index in [1.807, 2.05) is 12.3 Å². The quantitative estimate of drug-likeness (QED) is 0.334. The van der Waals surface area contributed by atoms with Crippen LogP contribution in [0.1, 0.15) is 76.5 Å². The topological polar surface area (TPSA) is 85.5 Å². The van der Waals surface area contributed by atoms with Crippen LogP contribution < -0.4 is 5.73 Å². The molecule has 4 aliphatic rings. The fourth-order valence-electron chi connectivity index (χ4n) is 7.85. The van der Waals surface area contributed by atoms with E-state index >= 15 is 0 Å². The number of benzene rings is 1. The van der Waals surface area contributed by atoms with E-state index in [-0.39, 0.29) is 24.0 Å². The number of carbonyl (C=O) groups excluding carboxylic acids is 2. The molecule has 1 aromatic carbocycles. The molecule has 3 heterocycles. The molecule has 1 aliphatic carbocycles. The van der Waals surface area contributed by atoms with Crippen LogP contribution in [0.3, 0.4) is 0 Å². The lowest BCUT2D eigenvalue weighted by molar-refractivity contribution is -0.139. The van der Waals surface area contributed by atoms with E-state index in [2.05, 4.69) is 70.1 Å². The number of amides is 3. The van der Waals surface area contributed by atoms with Gasteiger partial charge in [-0.15, -0.1) is 0 Å². The van der Waals surface area contributed by atoms with E-state index in [0.29, 0.717) is 37.4 Å². The van der Waals surface area contributed by atoms with Gasteiger partial charge < -0.3 is 15.5 Å². The minimum Gasteiger partial charge on any atom is -0.351 e. The molecular formula is C35H50BrClN6O2. The van der Waals surface area contributed by atoms with Gasteiger partial charge in [0.2, 0.25) is 5.91 Å². The van der Waals surface area contributed by atoms with Gasteiger partial charge >= 0.3 is 6.03 Å². The van der Waals surface area contributed by atoms with Crippen LogP contribution in [0.5, 0.6) is 0 Å². The first kappa shape index (κ1) is 34.1. The number of fused-ring (bicyclic) bond motifs is 1. The standard InChI is InChI=1S/C35H50BrClN6O2/c1-23(2)31-22-42(17-18-43(31)32(44)19-26-9-13-41(14-10-26)35(38)45)29-11-15-40(16-12-29)34-30-8-7-28(37)20-27(30)6-5-24(3)33(34)39-21-25(4)36/h7-8,20-21,23,26,29,31,34H,4-6,9-19,22H2,1-3H3,(H2,38,45). The van der Waals surface area contributed by atoms with E-state index in [9.17, 15) is 9.59 Å². The Hall–Kier alpha value is -2.20. The van der Waals surface area contributed by atoms with E-state index in [4.69, 9.17) is 22.3 Å². The summed E-state index contributed by atoms with van der Waals surface area (Å²) in [7, 11) is 0. The van der Waals surface area contributed by atoms with Gasteiger partial charge in [0, 0.05) is 80.0 Å². The summed E-state index contributed by atoms with van der Waals surface area (Å²) in [6.07, 6.45) is 8.23. The highest BCUT2D eigenvalue weighted by Crippen LogP contribution is 2.41. The Bertz CT molecular complexity index is 1310. The fraction of sp³-hybridized carbons (Fsp3) is 0.629. The molecule has 8 nitrogen and oxygen atoms in total. The molecule has 0 bridgehead atoms. The highest BCUT2D eigenvalue weighted by molar-refractivity contribution is 9.12. The number of primary amides is 1. The molecule has 1 aromatic rings. The molecular weight excluding hydrogens is 652 g/mol. The molecule has 2 N–H and O–H groups in total. The lowest BCUT2D eigenvalue weighted by Gasteiger charge is -2.49. The summed E-state index contributed by atoms with van der Waals surface area (Å²) in [4.78, 5) is 39.2. The normalized spacial score (nSPS) is 24.8. The van der Waals surface area contributed by atoms with Crippen molar-refractivity contribution in [1.82, 2.24) is 19.6 Å². The number of rotatable bonds is 7. The maximum Gasteiger partial charge on any atom is 0.314 e. The minimum absolute atomic E-state index is 0.0940. The van der Waals surface area contributed by atoms with Crippen LogP contribution in [-0.4, -0.2) is 95.6 Å². The average Bonchev–Trinajstić information content (AvgIpc) is 3.15. The zero-order valence-electron chi connectivity index (χ0n) is 27.2. The van der Waals surface area contributed by atoms with E-state index in [0.717, 1.165) is 86.5 Å². The zero-order chi connectivity index (χ0) is 32.2. The molecule has 246 valence electrons. The van der Waals surface area contributed by atoms with Crippen molar-refractivity contribution in [3.63, 3.8) is 0 Å². The summed E-state index contributed by atoms with van der Waals surface area (Å²) >= 11 is 9.92. The Morgan fingerprint density at radius 1 is 1.07 bits per heavy atom. The third kappa shape index (κ3) is 8.21. The predicted molar refractivity (Wildman–Crippen MR) is 187 cm³/mol. The molecule has 3 aliphatic heterocycles. The molecule has 5 rings (SSSR count). The first-order valence-corrected chi connectivity index (χ1v) is 17.9. The second-order valence-corrected chi connectivity index (χ2v) is 15.2. The molecule has 3 amide bonds. The number of aliphatic imine (C=N–C) groups is 1. The Morgan fingerprint density at radius 3 is 2.42 bits per heavy atom. The first-order chi connectivity index (χ1) is 21.5. The van der Waals surface area contributed by atoms with Gasteiger partial charge in [-0.2, -0.15) is 0 Å². The maximum atomic E-state index is 13.6. The Morgan fingerprint density at radius 2 is 1.78 bits per heavy atom. The smallest absolute Gasteiger partial charge is 0.314 e. The highest BCUT2D eigenvalue weighted by atomic mass is 79.9. The van der Waals surface area contributed by atoms with Crippen molar-refractivity contribution < 1.29 is 9.59 Å². The number of hydrogen-bond donors (Lipinski definition) is 1. The third-order valence-electron chi connectivity index (χ3n) is 10.5. The first-order valence-electron chi connectivity index (χ1n) is 16.7. The lowest BCUT2D eigenvalue weighted by atomic mass is 9.90. The molecule has 3 fully saturated rings. The Kier molecular flexibility index (Phi) is 11.5. The average molecular weight is 702 g/mol. The number of aryl methyl sites for hydroxylation is 1. The summed E-state index contributed by atoms with van der Waals surface area (Å²) in [5, 5.41) is 0.787. The molecule has 2 atom stereocenters. The molecule has 0 saturated carbocycles. The number of carbonyl (C=O) groups is 2. The molecule has 45 heavy (non-hydrogen) atoms. The van der Waals surface area contributed by atoms with Crippen LogP contribution in [0.4, 0.5) is 4.79 Å². The Balaban J connectivity index is 1.23. The predicted octanol–water partition coefficient (Wildman–Crippen LogP) is 6.39. The maximum absolute atomic E-state index is 13.6. The molecule has 0 aromatic heterocycles.